The normalized spacial score (nSPS) is 31.7. The van der Waals surface area contributed by atoms with E-state index in [1.165, 1.54) is 0 Å². The third kappa shape index (κ3) is 2.46. The first-order chi connectivity index (χ1) is 8.77. The molecule has 1 spiro atoms. The standard InChI is InChI=1S/C13H16ClNO3/c14-12-11(2-1-5-15-12)18-10-3-6-17-13(8-10)4-7-16-9-13/h1-2,5,10H,3-4,6-9H2. The van der Waals surface area contributed by atoms with Crippen molar-refractivity contribution in [3.05, 3.63) is 23.5 Å². The fourth-order valence-corrected chi connectivity index (χ4v) is 2.75. The van der Waals surface area contributed by atoms with E-state index in [0.717, 1.165) is 25.9 Å². The predicted molar refractivity (Wildman–Crippen MR) is 67.0 cm³/mol. The van der Waals surface area contributed by atoms with E-state index in [2.05, 4.69) is 4.98 Å². The highest BCUT2D eigenvalue weighted by molar-refractivity contribution is 6.30. The third-order valence-corrected chi connectivity index (χ3v) is 3.82. The average molecular weight is 270 g/mol. The van der Waals surface area contributed by atoms with Crippen LogP contribution < -0.4 is 4.74 Å². The van der Waals surface area contributed by atoms with Crippen molar-refractivity contribution in [3.8, 4) is 5.75 Å². The molecule has 5 heteroatoms. The number of aromatic nitrogens is 1. The molecule has 18 heavy (non-hydrogen) atoms. The van der Waals surface area contributed by atoms with Crippen molar-refractivity contribution < 1.29 is 14.2 Å². The van der Waals surface area contributed by atoms with Crippen LogP contribution in [0.5, 0.6) is 5.75 Å². The van der Waals surface area contributed by atoms with E-state index in [-0.39, 0.29) is 11.7 Å². The summed E-state index contributed by atoms with van der Waals surface area (Å²) in [4.78, 5) is 4.02. The minimum atomic E-state index is -0.141. The van der Waals surface area contributed by atoms with Gasteiger partial charge < -0.3 is 14.2 Å². The maximum Gasteiger partial charge on any atom is 0.171 e. The molecule has 2 unspecified atom stereocenters. The van der Waals surface area contributed by atoms with Crippen molar-refractivity contribution in [2.45, 2.75) is 31.0 Å². The Hall–Kier alpha value is -0.840. The molecule has 0 aromatic carbocycles. The fourth-order valence-electron chi connectivity index (χ4n) is 2.59. The molecule has 0 saturated carbocycles. The van der Waals surface area contributed by atoms with Gasteiger partial charge in [-0.25, -0.2) is 4.98 Å². The van der Waals surface area contributed by atoms with Crippen molar-refractivity contribution in [1.82, 2.24) is 4.98 Å². The Morgan fingerprint density at radius 2 is 2.39 bits per heavy atom. The van der Waals surface area contributed by atoms with Crippen LogP contribution >= 0.6 is 11.6 Å². The number of hydrogen-bond donors (Lipinski definition) is 0. The van der Waals surface area contributed by atoms with Crippen LogP contribution in [0.1, 0.15) is 19.3 Å². The zero-order valence-electron chi connectivity index (χ0n) is 10.1. The molecule has 0 radical (unpaired) electrons. The highest BCUT2D eigenvalue weighted by Gasteiger charge is 2.41. The summed E-state index contributed by atoms with van der Waals surface area (Å²) in [5, 5.41) is 0.417. The zero-order valence-corrected chi connectivity index (χ0v) is 10.9. The Morgan fingerprint density at radius 3 is 3.17 bits per heavy atom. The summed E-state index contributed by atoms with van der Waals surface area (Å²) in [5.41, 5.74) is -0.141. The second-order valence-corrected chi connectivity index (χ2v) is 5.22. The summed E-state index contributed by atoms with van der Waals surface area (Å²) in [6.07, 6.45) is 4.48. The lowest BCUT2D eigenvalue weighted by Crippen LogP contribution is -2.44. The predicted octanol–water partition coefficient (Wildman–Crippen LogP) is 2.45. The van der Waals surface area contributed by atoms with Crippen LogP contribution in [0.25, 0.3) is 0 Å². The smallest absolute Gasteiger partial charge is 0.171 e. The first kappa shape index (κ1) is 12.2. The molecule has 2 aliphatic heterocycles. The van der Waals surface area contributed by atoms with E-state index in [4.69, 9.17) is 25.8 Å². The lowest BCUT2D eigenvalue weighted by atomic mass is 9.91. The summed E-state index contributed by atoms with van der Waals surface area (Å²) >= 11 is 6.00. The fraction of sp³-hybridized carbons (Fsp3) is 0.615. The van der Waals surface area contributed by atoms with E-state index in [0.29, 0.717) is 24.1 Å². The molecule has 2 aliphatic rings. The molecule has 3 rings (SSSR count). The molecular weight excluding hydrogens is 254 g/mol. The first-order valence-electron chi connectivity index (χ1n) is 6.26. The minimum Gasteiger partial charge on any atom is -0.487 e. The molecular formula is C13H16ClNO3. The van der Waals surface area contributed by atoms with Crippen molar-refractivity contribution in [1.29, 1.82) is 0 Å². The second kappa shape index (κ2) is 5.03. The van der Waals surface area contributed by atoms with Gasteiger partial charge in [-0.1, -0.05) is 11.6 Å². The van der Waals surface area contributed by atoms with Gasteiger partial charge >= 0.3 is 0 Å². The van der Waals surface area contributed by atoms with Crippen molar-refractivity contribution in [2.75, 3.05) is 19.8 Å². The molecule has 1 aromatic heterocycles. The monoisotopic (exact) mass is 269 g/mol. The second-order valence-electron chi connectivity index (χ2n) is 4.86. The van der Waals surface area contributed by atoms with Crippen molar-refractivity contribution in [3.63, 3.8) is 0 Å². The summed E-state index contributed by atoms with van der Waals surface area (Å²) in [5.74, 6) is 0.653. The molecule has 2 saturated heterocycles. The van der Waals surface area contributed by atoms with E-state index in [1.54, 1.807) is 6.20 Å². The van der Waals surface area contributed by atoms with Crippen LogP contribution in [0.3, 0.4) is 0 Å². The van der Waals surface area contributed by atoms with Gasteiger partial charge in [0.15, 0.2) is 10.9 Å². The number of pyridine rings is 1. The van der Waals surface area contributed by atoms with Crippen LogP contribution in [0, 0.1) is 0 Å². The summed E-state index contributed by atoms with van der Waals surface area (Å²) in [7, 11) is 0. The van der Waals surface area contributed by atoms with Gasteiger partial charge in [-0.2, -0.15) is 0 Å². The van der Waals surface area contributed by atoms with Gasteiger partial charge in [0.25, 0.3) is 0 Å². The molecule has 1 aromatic rings. The van der Waals surface area contributed by atoms with Gasteiger partial charge in [-0.15, -0.1) is 0 Å². The molecule has 4 nitrogen and oxygen atoms in total. The molecule has 0 bridgehead atoms. The Balaban J connectivity index is 1.68. The van der Waals surface area contributed by atoms with Gasteiger partial charge in [0.1, 0.15) is 6.10 Å². The Bertz CT molecular complexity index is 420. The topological polar surface area (TPSA) is 40.6 Å². The molecule has 0 N–H and O–H groups in total. The van der Waals surface area contributed by atoms with Gasteiger partial charge in [-0.05, 0) is 12.1 Å². The van der Waals surface area contributed by atoms with Crippen LogP contribution in [-0.4, -0.2) is 36.5 Å². The number of ether oxygens (including phenoxy) is 3. The highest BCUT2D eigenvalue weighted by atomic mass is 35.5. The lowest BCUT2D eigenvalue weighted by Gasteiger charge is -2.37. The average Bonchev–Trinajstić information content (AvgIpc) is 2.80. The van der Waals surface area contributed by atoms with Crippen LogP contribution in [0.4, 0.5) is 0 Å². The zero-order chi connectivity index (χ0) is 12.4. The summed E-state index contributed by atoms with van der Waals surface area (Å²) in [6, 6.07) is 3.68. The van der Waals surface area contributed by atoms with E-state index in [1.807, 2.05) is 12.1 Å². The number of hydrogen-bond acceptors (Lipinski definition) is 4. The molecule has 2 fully saturated rings. The van der Waals surface area contributed by atoms with Crippen LogP contribution in [0.2, 0.25) is 5.15 Å². The Morgan fingerprint density at radius 1 is 1.44 bits per heavy atom. The Labute approximate surface area is 111 Å². The SMILES string of the molecule is Clc1ncccc1OC1CCOC2(CCOC2)C1. The number of nitrogens with zero attached hydrogens (tertiary/aromatic N) is 1. The molecule has 98 valence electrons. The van der Waals surface area contributed by atoms with E-state index < -0.39 is 0 Å². The third-order valence-electron chi connectivity index (χ3n) is 3.53. The molecule has 2 atom stereocenters. The van der Waals surface area contributed by atoms with Gasteiger partial charge in [0, 0.05) is 32.1 Å². The first-order valence-corrected chi connectivity index (χ1v) is 6.64. The van der Waals surface area contributed by atoms with Crippen molar-refractivity contribution in [2.24, 2.45) is 0 Å². The summed E-state index contributed by atoms with van der Waals surface area (Å²) < 4.78 is 17.3. The van der Waals surface area contributed by atoms with E-state index >= 15 is 0 Å². The molecule has 0 amide bonds. The quantitative estimate of drug-likeness (QED) is 0.774. The Kier molecular flexibility index (Phi) is 3.41. The lowest BCUT2D eigenvalue weighted by molar-refractivity contribution is -0.112. The van der Waals surface area contributed by atoms with Gasteiger partial charge in [-0.3, -0.25) is 0 Å². The maximum absolute atomic E-state index is 6.00. The van der Waals surface area contributed by atoms with E-state index in [9.17, 15) is 0 Å². The van der Waals surface area contributed by atoms with Crippen molar-refractivity contribution >= 4 is 11.6 Å². The van der Waals surface area contributed by atoms with Gasteiger partial charge in [0.05, 0.1) is 18.8 Å². The van der Waals surface area contributed by atoms with Gasteiger partial charge in [0.2, 0.25) is 0 Å². The highest BCUT2D eigenvalue weighted by Crippen LogP contribution is 2.35. The number of rotatable bonds is 2. The molecule has 0 aliphatic carbocycles. The van der Waals surface area contributed by atoms with Crippen LogP contribution in [0.15, 0.2) is 18.3 Å². The maximum atomic E-state index is 6.00. The molecule has 3 heterocycles. The largest absolute Gasteiger partial charge is 0.487 e. The minimum absolute atomic E-state index is 0.127. The van der Waals surface area contributed by atoms with Crippen LogP contribution in [-0.2, 0) is 9.47 Å². The summed E-state index contributed by atoms with van der Waals surface area (Å²) in [6.45, 7) is 2.17. The number of halogens is 1.